The largest absolute Gasteiger partial charge is 0.359 e. The van der Waals surface area contributed by atoms with Crippen LogP contribution in [-0.4, -0.2) is 29.6 Å². The Labute approximate surface area is 196 Å². The number of nitrogens with one attached hydrogen (secondary N) is 3. The lowest BCUT2D eigenvalue weighted by molar-refractivity contribution is 0.0939. The van der Waals surface area contributed by atoms with Crippen molar-refractivity contribution in [3.05, 3.63) is 52.9 Å². The van der Waals surface area contributed by atoms with Crippen LogP contribution in [0.1, 0.15) is 74.3 Å². The van der Waals surface area contributed by atoms with Crippen LogP contribution in [0.25, 0.3) is 0 Å². The second-order valence-electron chi connectivity index (χ2n) is 7.40. The highest BCUT2D eigenvalue weighted by Crippen LogP contribution is 2.13. The van der Waals surface area contributed by atoms with E-state index in [1.165, 1.54) is 0 Å². The highest BCUT2D eigenvalue weighted by molar-refractivity contribution is 14.0. The number of aliphatic imine (C=N–C) groups is 1. The Hall–Kier alpha value is -2.10. The van der Waals surface area contributed by atoms with E-state index in [1.807, 2.05) is 51.1 Å². The van der Waals surface area contributed by atoms with Crippen molar-refractivity contribution < 1.29 is 9.32 Å². The summed E-state index contributed by atoms with van der Waals surface area (Å²) in [5, 5.41) is 13.5. The van der Waals surface area contributed by atoms with Gasteiger partial charge in [0.15, 0.2) is 11.7 Å². The van der Waals surface area contributed by atoms with E-state index in [2.05, 4.69) is 39.9 Å². The summed E-state index contributed by atoms with van der Waals surface area (Å²) in [6.45, 7) is 11.9. The van der Waals surface area contributed by atoms with Crippen LogP contribution in [0.4, 0.5) is 0 Å². The Balaban J connectivity index is 0.00000450. The molecule has 0 aliphatic rings. The quantitative estimate of drug-likeness (QED) is 0.258. The van der Waals surface area contributed by atoms with E-state index in [0.717, 1.165) is 30.0 Å². The van der Waals surface area contributed by atoms with Crippen molar-refractivity contribution in [1.29, 1.82) is 0 Å². The standard InChI is InChI=1S/C22H33N5O2.HI/c1-6-16(5)26-21(28)18-10-8-9-17(11-18)13-24-22(23-7-2)25-14-19-12-20(15(3)4)27-29-19;/h8-12,15-16H,6-7,13-14H2,1-5H3,(H,26,28)(H2,23,24,25);1H. The molecule has 1 atom stereocenters. The molecule has 30 heavy (non-hydrogen) atoms. The number of rotatable bonds is 9. The Kier molecular flexibility index (Phi) is 11.5. The highest BCUT2D eigenvalue weighted by Gasteiger charge is 2.10. The third kappa shape index (κ3) is 8.33. The fraction of sp³-hybridized carbons (Fsp3) is 0.500. The number of carbonyl (C=O) groups is 1. The lowest BCUT2D eigenvalue weighted by Gasteiger charge is -2.12. The maximum Gasteiger partial charge on any atom is 0.251 e. The highest BCUT2D eigenvalue weighted by atomic mass is 127. The van der Waals surface area contributed by atoms with Gasteiger partial charge in [0.1, 0.15) is 0 Å². The van der Waals surface area contributed by atoms with Gasteiger partial charge in [-0.2, -0.15) is 0 Å². The fourth-order valence-corrected chi connectivity index (χ4v) is 2.59. The van der Waals surface area contributed by atoms with Crippen LogP contribution >= 0.6 is 24.0 Å². The summed E-state index contributed by atoms with van der Waals surface area (Å²) in [5.74, 6) is 1.73. The minimum atomic E-state index is -0.0542. The first-order valence-corrected chi connectivity index (χ1v) is 10.3. The molecule has 1 heterocycles. The van der Waals surface area contributed by atoms with Crippen LogP contribution in [0.5, 0.6) is 0 Å². The lowest BCUT2D eigenvalue weighted by atomic mass is 10.1. The van der Waals surface area contributed by atoms with Crippen molar-refractivity contribution in [2.75, 3.05) is 6.54 Å². The van der Waals surface area contributed by atoms with Gasteiger partial charge in [-0.3, -0.25) is 4.79 Å². The third-order valence-corrected chi connectivity index (χ3v) is 4.54. The Morgan fingerprint density at radius 3 is 2.57 bits per heavy atom. The van der Waals surface area contributed by atoms with E-state index in [4.69, 9.17) is 4.52 Å². The van der Waals surface area contributed by atoms with Crippen LogP contribution in [0, 0.1) is 0 Å². The van der Waals surface area contributed by atoms with E-state index in [0.29, 0.717) is 30.5 Å². The molecule has 166 valence electrons. The van der Waals surface area contributed by atoms with Gasteiger partial charge in [0.2, 0.25) is 0 Å². The van der Waals surface area contributed by atoms with Gasteiger partial charge >= 0.3 is 0 Å². The molecule has 1 amide bonds. The lowest BCUT2D eigenvalue weighted by Crippen LogP contribution is -2.36. The third-order valence-electron chi connectivity index (χ3n) is 4.54. The normalized spacial score (nSPS) is 12.3. The van der Waals surface area contributed by atoms with Crippen molar-refractivity contribution in [1.82, 2.24) is 21.1 Å². The predicted molar refractivity (Wildman–Crippen MR) is 131 cm³/mol. The minimum absolute atomic E-state index is 0. The molecule has 1 aromatic heterocycles. The summed E-state index contributed by atoms with van der Waals surface area (Å²) in [6, 6.07) is 9.68. The second kappa shape index (κ2) is 13.3. The second-order valence-corrected chi connectivity index (χ2v) is 7.40. The molecule has 0 saturated carbocycles. The van der Waals surface area contributed by atoms with Gasteiger partial charge in [0, 0.05) is 24.2 Å². The van der Waals surface area contributed by atoms with Crippen molar-refractivity contribution in [2.24, 2.45) is 4.99 Å². The topological polar surface area (TPSA) is 91.5 Å². The summed E-state index contributed by atoms with van der Waals surface area (Å²) in [5.41, 5.74) is 2.57. The van der Waals surface area contributed by atoms with E-state index in [-0.39, 0.29) is 35.9 Å². The van der Waals surface area contributed by atoms with Crippen LogP contribution in [0.3, 0.4) is 0 Å². The first kappa shape index (κ1) is 25.9. The van der Waals surface area contributed by atoms with Crippen molar-refractivity contribution >= 4 is 35.8 Å². The van der Waals surface area contributed by atoms with E-state index in [9.17, 15) is 4.79 Å². The van der Waals surface area contributed by atoms with Gasteiger partial charge in [-0.25, -0.2) is 4.99 Å². The SMILES string of the molecule is CCNC(=NCc1cccc(C(=O)NC(C)CC)c1)NCc1cc(C(C)C)no1.I. The molecule has 0 fully saturated rings. The number of amides is 1. The molecule has 0 aliphatic carbocycles. The predicted octanol–water partition coefficient (Wildman–Crippen LogP) is 4.20. The zero-order valence-electron chi connectivity index (χ0n) is 18.5. The van der Waals surface area contributed by atoms with Crippen molar-refractivity contribution in [3.63, 3.8) is 0 Å². The van der Waals surface area contributed by atoms with Gasteiger partial charge in [-0.05, 0) is 43.9 Å². The molecule has 8 heteroatoms. The van der Waals surface area contributed by atoms with Crippen molar-refractivity contribution in [2.45, 2.75) is 66.1 Å². The molecule has 0 aliphatic heterocycles. The number of guanidine groups is 1. The molecule has 0 spiro atoms. The number of halogens is 1. The molecule has 0 radical (unpaired) electrons. The average Bonchev–Trinajstić information content (AvgIpc) is 3.19. The maximum absolute atomic E-state index is 12.3. The Morgan fingerprint density at radius 2 is 1.93 bits per heavy atom. The molecule has 1 unspecified atom stereocenters. The summed E-state index contributed by atoms with van der Waals surface area (Å²) in [7, 11) is 0. The minimum Gasteiger partial charge on any atom is -0.359 e. The number of carbonyl (C=O) groups excluding carboxylic acids is 1. The molecule has 7 nitrogen and oxygen atoms in total. The first-order chi connectivity index (χ1) is 13.9. The van der Waals surface area contributed by atoms with Gasteiger partial charge in [0.05, 0.1) is 18.8 Å². The van der Waals surface area contributed by atoms with Gasteiger partial charge in [-0.15, -0.1) is 24.0 Å². The molecule has 0 bridgehead atoms. The summed E-state index contributed by atoms with van der Waals surface area (Å²) >= 11 is 0. The van der Waals surface area contributed by atoms with Gasteiger partial charge in [0.25, 0.3) is 5.91 Å². The molecular formula is C22H34IN5O2. The zero-order chi connectivity index (χ0) is 21.2. The van der Waals surface area contributed by atoms with E-state index >= 15 is 0 Å². The van der Waals surface area contributed by atoms with Gasteiger partial charge in [-0.1, -0.05) is 38.1 Å². The van der Waals surface area contributed by atoms with E-state index < -0.39 is 0 Å². The smallest absolute Gasteiger partial charge is 0.251 e. The summed E-state index contributed by atoms with van der Waals surface area (Å²) in [6.07, 6.45) is 0.900. The fourth-order valence-electron chi connectivity index (χ4n) is 2.59. The molecule has 2 aromatic rings. The van der Waals surface area contributed by atoms with Crippen molar-refractivity contribution in [3.8, 4) is 0 Å². The van der Waals surface area contributed by atoms with E-state index in [1.54, 1.807) is 0 Å². The molecule has 3 N–H and O–H groups in total. The molecular weight excluding hydrogens is 493 g/mol. The Bertz CT molecular complexity index is 819. The molecule has 1 aromatic carbocycles. The van der Waals surface area contributed by atoms with Crippen LogP contribution in [0.2, 0.25) is 0 Å². The van der Waals surface area contributed by atoms with Crippen LogP contribution in [-0.2, 0) is 13.1 Å². The summed E-state index contributed by atoms with van der Waals surface area (Å²) in [4.78, 5) is 16.9. The first-order valence-electron chi connectivity index (χ1n) is 10.3. The number of aromatic nitrogens is 1. The number of benzene rings is 1. The summed E-state index contributed by atoms with van der Waals surface area (Å²) < 4.78 is 5.36. The molecule has 2 rings (SSSR count). The van der Waals surface area contributed by atoms with Gasteiger partial charge < -0.3 is 20.5 Å². The van der Waals surface area contributed by atoms with Crippen LogP contribution in [0.15, 0.2) is 39.8 Å². The van der Waals surface area contributed by atoms with Crippen LogP contribution < -0.4 is 16.0 Å². The number of hydrogen-bond acceptors (Lipinski definition) is 4. The zero-order valence-corrected chi connectivity index (χ0v) is 20.8. The Morgan fingerprint density at radius 1 is 1.17 bits per heavy atom. The number of nitrogens with zero attached hydrogens (tertiary/aromatic N) is 2. The number of hydrogen-bond donors (Lipinski definition) is 3. The maximum atomic E-state index is 12.3. The average molecular weight is 527 g/mol. The molecule has 0 saturated heterocycles. The monoisotopic (exact) mass is 527 g/mol.